The van der Waals surface area contributed by atoms with Gasteiger partial charge in [-0.25, -0.2) is 12.8 Å². The second kappa shape index (κ2) is 5.40. The number of benzene rings is 1. The van der Waals surface area contributed by atoms with Crippen LogP contribution in [0.3, 0.4) is 0 Å². The van der Waals surface area contributed by atoms with Crippen molar-refractivity contribution < 1.29 is 27.4 Å². The van der Waals surface area contributed by atoms with Crippen LogP contribution in [-0.4, -0.2) is 32.9 Å². The second-order valence-electron chi connectivity index (χ2n) is 5.19. The monoisotopic (exact) mass is 304 g/mol. The zero-order valence-electron chi connectivity index (χ0n) is 11.7. The molecular formula is C13H17FO5S. The predicted molar refractivity (Wildman–Crippen MR) is 71.3 cm³/mol. The maximum Gasteiger partial charge on any atom is 0.304 e. The van der Waals surface area contributed by atoms with Gasteiger partial charge in [-0.05, 0) is 6.07 Å². The lowest BCUT2D eigenvalue weighted by Gasteiger charge is -2.26. The van der Waals surface area contributed by atoms with Crippen molar-refractivity contribution in [1.29, 1.82) is 0 Å². The molecule has 0 spiro atoms. The summed E-state index contributed by atoms with van der Waals surface area (Å²) in [5.74, 6) is -2.27. The first-order chi connectivity index (χ1) is 9.00. The van der Waals surface area contributed by atoms with Crippen LogP contribution in [0.4, 0.5) is 4.39 Å². The molecule has 0 aliphatic carbocycles. The number of halogens is 1. The van der Waals surface area contributed by atoms with Crippen LogP contribution in [0.2, 0.25) is 0 Å². The molecule has 1 aromatic carbocycles. The van der Waals surface area contributed by atoms with E-state index in [-0.39, 0.29) is 12.2 Å². The van der Waals surface area contributed by atoms with Gasteiger partial charge >= 0.3 is 5.97 Å². The number of aliphatic carboxylic acids is 1. The van der Waals surface area contributed by atoms with Gasteiger partial charge in [-0.3, -0.25) is 4.79 Å². The van der Waals surface area contributed by atoms with Gasteiger partial charge in [0.15, 0.2) is 21.4 Å². The molecule has 20 heavy (non-hydrogen) atoms. The Morgan fingerprint density at radius 3 is 2.35 bits per heavy atom. The molecule has 1 aromatic rings. The Morgan fingerprint density at radius 2 is 1.95 bits per heavy atom. The second-order valence-corrected chi connectivity index (χ2v) is 7.17. The number of carbonyl (C=O) groups is 1. The third kappa shape index (κ3) is 3.27. The summed E-state index contributed by atoms with van der Waals surface area (Å²) >= 11 is 0. The SMILES string of the molecule is COc1c(C(C)(C)CC(=O)O)ccc(S(C)(=O)=O)c1F. The standard InChI is InChI=1S/C13H17FO5S/c1-13(2,7-10(15)16)8-5-6-9(20(4,17)18)11(14)12(8)19-3/h5-6H,7H2,1-4H3,(H,15,16). The van der Waals surface area contributed by atoms with E-state index in [1.165, 1.54) is 13.2 Å². The molecule has 0 fully saturated rings. The summed E-state index contributed by atoms with van der Waals surface area (Å²) in [7, 11) is -2.51. The van der Waals surface area contributed by atoms with Gasteiger partial charge in [-0.1, -0.05) is 19.9 Å². The molecule has 0 bridgehead atoms. The van der Waals surface area contributed by atoms with Crippen LogP contribution in [-0.2, 0) is 20.0 Å². The molecule has 0 amide bonds. The Labute approximate surface area is 117 Å². The fraction of sp³-hybridized carbons (Fsp3) is 0.462. The molecule has 0 heterocycles. The van der Waals surface area contributed by atoms with E-state index in [1.807, 2.05) is 0 Å². The zero-order chi connectivity index (χ0) is 15.7. The quantitative estimate of drug-likeness (QED) is 0.899. The highest BCUT2D eigenvalue weighted by molar-refractivity contribution is 7.90. The van der Waals surface area contributed by atoms with E-state index in [4.69, 9.17) is 9.84 Å². The highest BCUT2D eigenvalue weighted by atomic mass is 32.2. The van der Waals surface area contributed by atoms with Gasteiger partial charge in [0.1, 0.15) is 4.90 Å². The summed E-state index contributed by atoms with van der Waals surface area (Å²) in [4.78, 5) is 10.4. The molecule has 0 atom stereocenters. The number of sulfone groups is 1. The summed E-state index contributed by atoms with van der Waals surface area (Å²) < 4.78 is 42.1. The van der Waals surface area contributed by atoms with Gasteiger partial charge in [-0.15, -0.1) is 0 Å². The summed E-state index contributed by atoms with van der Waals surface area (Å²) in [6.45, 7) is 3.25. The third-order valence-electron chi connectivity index (χ3n) is 2.99. The van der Waals surface area contributed by atoms with Crippen molar-refractivity contribution >= 4 is 15.8 Å². The molecule has 0 aliphatic rings. The lowest BCUT2D eigenvalue weighted by molar-refractivity contribution is -0.138. The Bertz CT molecular complexity index is 634. The first-order valence-corrected chi connectivity index (χ1v) is 7.68. The molecule has 5 nitrogen and oxygen atoms in total. The minimum absolute atomic E-state index is 0.235. The van der Waals surface area contributed by atoms with E-state index in [2.05, 4.69) is 0 Å². The molecule has 1 N–H and O–H groups in total. The van der Waals surface area contributed by atoms with Crippen molar-refractivity contribution in [2.75, 3.05) is 13.4 Å². The number of methoxy groups -OCH3 is 1. The smallest absolute Gasteiger partial charge is 0.304 e. The average molecular weight is 304 g/mol. The van der Waals surface area contributed by atoms with Crippen LogP contribution in [0.1, 0.15) is 25.8 Å². The van der Waals surface area contributed by atoms with Gasteiger partial charge in [0.05, 0.1) is 13.5 Å². The summed E-state index contributed by atoms with van der Waals surface area (Å²) in [6.07, 6.45) is 0.661. The van der Waals surface area contributed by atoms with Crippen LogP contribution in [0.5, 0.6) is 5.75 Å². The van der Waals surface area contributed by atoms with Crippen molar-refractivity contribution in [2.45, 2.75) is 30.6 Å². The van der Waals surface area contributed by atoms with Crippen molar-refractivity contribution in [2.24, 2.45) is 0 Å². The molecule has 0 aliphatic heterocycles. The molecule has 0 unspecified atom stereocenters. The van der Waals surface area contributed by atoms with Gasteiger partial charge < -0.3 is 9.84 Å². The van der Waals surface area contributed by atoms with Crippen LogP contribution in [0.15, 0.2) is 17.0 Å². The van der Waals surface area contributed by atoms with Crippen LogP contribution in [0.25, 0.3) is 0 Å². The highest BCUT2D eigenvalue weighted by Gasteiger charge is 2.31. The van der Waals surface area contributed by atoms with Crippen LogP contribution >= 0.6 is 0 Å². The van der Waals surface area contributed by atoms with Crippen molar-refractivity contribution in [1.82, 2.24) is 0 Å². The van der Waals surface area contributed by atoms with Crippen molar-refractivity contribution in [3.8, 4) is 5.75 Å². The number of hydrogen-bond donors (Lipinski definition) is 1. The first kappa shape index (κ1) is 16.4. The Hall–Kier alpha value is -1.63. The Kier molecular flexibility index (Phi) is 4.43. The topological polar surface area (TPSA) is 80.7 Å². The minimum atomic E-state index is -3.72. The van der Waals surface area contributed by atoms with Crippen LogP contribution < -0.4 is 4.74 Å². The fourth-order valence-electron chi connectivity index (χ4n) is 2.03. The summed E-state index contributed by atoms with van der Waals surface area (Å²) in [6, 6.07) is 2.52. The molecule has 0 saturated carbocycles. The van der Waals surface area contributed by atoms with Gasteiger partial charge in [0.25, 0.3) is 0 Å². The maximum atomic E-state index is 14.2. The normalized spacial score (nSPS) is 12.2. The van der Waals surface area contributed by atoms with E-state index >= 15 is 0 Å². The molecule has 0 radical (unpaired) electrons. The highest BCUT2D eigenvalue weighted by Crippen LogP contribution is 2.38. The largest absolute Gasteiger partial charge is 0.493 e. The average Bonchev–Trinajstić information content (AvgIpc) is 2.24. The van der Waals surface area contributed by atoms with E-state index in [1.54, 1.807) is 13.8 Å². The molecule has 0 aromatic heterocycles. The predicted octanol–water partition coefficient (Wildman–Crippen LogP) is 1.99. The molecule has 0 saturated heterocycles. The minimum Gasteiger partial charge on any atom is -0.493 e. The molecular weight excluding hydrogens is 287 g/mol. The van der Waals surface area contributed by atoms with Gasteiger partial charge in [-0.2, -0.15) is 0 Å². The zero-order valence-corrected chi connectivity index (χ0v) is 12.5. The van der Waals surface area contributed by atoms with E-state index in [9.17, 15) is 17.6 Å². The molecule has 7 heteroatoms. The van der Waals surface area contributed by atoms with Gasteiger partial charge in [0.2, 0.25) is 0 Å². The lowest BCUT2D eigenvalue weighted by atomic mass is 9.81. The molecule has 1 rings (SSSR count). The number of carboxylic acids is 1. The number of rotatable bonds is 5. The Balaban J connectivity index is 3.52. The number of carboxylic acid groups (broad SMARTS) is 1. The number of hydrogen-bond acceptors (Lipinski definition) is 4. The fourth-order valence-corrected chi connectivity index (χ4v) is 2.76. The maximum absolute atomic E-state index is 14.2. The van der Waals surface area contributed by atoms with E-state index < -0.39 is 31.9 Å². The number of ether oxygens (including phenoxy) is 1. The van der Waals surface area contributed by atoms with E-state index in [0.717, 1.165) is 12.3 Å². The van der Waals surface area contributed by atoms with Crippen molar-refractivity contribution in [3.63, 3.8) is 0 Å². The first-order valence-electron chi connectivity index (χ1n) is 5.79. The van der Waals surface area contributed by atoms with E-state index in [0.29, 0.717) is 5.56 Å². The molecule has 112 valence electrons. The Morgan fingerprint density at radius 1 is 1.40 bits per heavy atom. The van der Waals surface area contributed by atoms with Crippen molar-refractivity contribution in [3.05, 3.63) is 23.5 Å². The summed E-state index contributed by atoms with van der Waals surface area (Å²) in [5, 5.41) is 8.90. The van der Waals surface area contributed by atoms with Crippen LogP contribution in [0, 0.1) is 5.82 Å². The third-order valence-corrected chi connectivity index (χ3v) is 4.10. The lowest BCUT2D eigenvalue weighted by Crippen LogP contribution is -2.23. The van der Waals surface area contributed by atoms with Gasteiger partial charge in [0, 0.05) is 17.2 Å². The summed E-state index contributed by atoms with van der Waals surface area (Å²) in [5.41, 5.74) is -0.582.